The molecule has 1 heterocycles. The molecule has 1 saturated heterocycles. The smallest absolute Gasteiger partial charge is 0.331 e. The molecule has 2 amide bonds. The van der Waals surface area contributed by atoms with Gasteiger partial charge in [-0.1, -0.05) is 18.2 Å². The Balaban J connectivity index is 1.32. The van der Waals surface area contributed by atoms with Crippen molar-refractivity contribution in [3.63, 3.8) is 0 Å². The number of carbonyl (C=O) groups is 3. The van der Waals surface area contributed by atoms with Gasteiger partial charge < -0.3 is 4.74 Å². The Morgan fingerprint density at radius 3 is 2.23 bits per heavy atom. The van der Waals surface area contributed by atoms with Crippen LogP contribution in [0.4, 0.5) is 0 Å². The Morgan fingerprint density at radius 1 is 1.04 bits per heavy atom. The van der Waals surface area contributed by atoms with Crippen LogP contribution in [0.2, 0.25) is 0 Å². The number of benzene rings is 1. The van der Waals surface area contributed by atoms with Crippen LogP contribution in [0, 0.1) is 49.4 Å². The van der Waals surface area contributed by atoms with Crippen molar-refractivity contribution in [2.75, 3.05) is 6.54 Å². The fourth-order valence-corrected chi connectivity index (χ4v) is 5.24. The zero-order chi connectivity index (χ0) is 18.2. The molecule has 2 saturated carbocycles. The van der Waals surface area contributed by atoms with Gasteiger partial charge in [-0.05, 0) is 67.2 Å². The van der Waals surface area contributed by atoms with Gasteiger partial charge in [0.15, 0.2) is 0 Å². The van der Waals surface area contributed by atoms with Crippen LogP contribution in [-0.4, -0.2) is 29.2 Å². The number of imide groups is 1. The van der Waals surface area contributed by atoms with E-state index in [-0.39, 0.29) is 42.0 Å². The predicted molar refractivity (Wildman–Crippen MR) is 93.0 cm³/mol. The Labute approximate surface area is 152 Å². The van der Waals surface area contributed by atoms with Crippen molar-refractivity contribution in [3.05, 3.63) is 41.5 Å². The molecule has 3 fully saturated rings. The first-order chi connectivity index (χ1) is 12.5. The van der Waals surface area contributed by atoms with Crippen LogP contribution in [0.5, 0.6) is 5.75 Å². The SMILES string of the molecule is Cc1ccc(OC(=O)CN2C(=O)[C@@H]3[C@H]4C=C[C@H]([C@H]5C[C@H]45)[C@@H]3C2=O)cc1C. The number of rotatable bonds is 3. The van der Waals surface area contributed by atoms with Crippen molar-refractivity contribution < 1.29 is 19.1 Å². The Bertz CT molecular complexity index is 837. The van der Waals surface area contributed by atoms with Crippen molar-refractivity contribution in [1.82, 2.24) is 4.90 Å². The molecule has 0 unspecified atom stereocenters. The van der Waals surface area contributed by atoms with Gasteiger partial charge in [-0.2, -0.15) is 0 Å². The van der Waals surface area contributed by atoms with Crippen LogP contribution < -0.4 is 4.74 Å². The van der Waals surface area contributed by atoms with Gasteiger partial charge >= 0.3 is 5.97 Å². The molecule has 6 rings (SSSR count). The molecule has 1 aromatic rings. The largest absolute Gasteiger partial charge is 0.425 e. The van der Waals surface area contributed by atoms with Crippen molar-refractivity contribution in [1.29, 1.82) is 0 Å². The van der Waals surface area contributed by atoms with E-state index in [0.717, 1.165) is 22.4 Å². The normalized spacial score (nSPS) is 36.2. The molecule has 26 heavy (non-hydrogen) atoms. The first-order valence-corrected chi connectivity index (χ1v) is 9.27. The average Bonchev–Trinajstić information content (AvgIpc) is 3.39. The highest BCUT2D eigenvalue weighted by Crippen LogP contribution is 2.65. The molecule has 1 aromatic carbocycles. The maximum absolute atomic E-state index is 12.9. The fourth-order valence-electron chi connectivity index (χ4n) is 5.24. The van der Waals surface area contributed by atoms with Crippen LogP contribution >= 0.6 is 0 Å². The molecule has 0 aromatic heterocycles. The van der Waals surface area contributed by atoms with E-state index in [1.54, 1.807) is 12.1 Å². The lowest BCUT2D eigenvalue weighted by Crippen LogP contribution is -2.40. The van der Waals surface area contributed by atoms with Crippen molar-refractivity contribution >= 4 is 17.8 Å². The second-order valence-corrected chi connectivity index (χ2v) is 8.14. The third kappa shape index (κ3) is 2.12. The third-order valence-electron chi connectivity index (χ3n) is 6.75. The highest BCUT2D eigenvalue weighted by molar-refractivity contribution is 6.08. The molecule has 0 N–H and O–H groups in total. The van der Waals surface area contributed by atoms with Crippen LogP contribution in [0.3, 0.4) is 0 Å². The fraction of sp³-hybridized carbons (Fsp3) is 0.476. The lowest BCUT2D eigenvalue weighted by molar-refractivity contribution is -0.148. The van der Waals surface area contributed by atoms with Gasteiger partial charge in [0.05, 0.1) is 11.8 Å². The quantitative estimate of drug-likeness (QED) is 0.363. The summed E-state index contributed by atoms with van der Waals surface area (Å²) in [5.74, 6) is 0.418. The molecule has 1 aliphatic heterocycles. The minimum Gasteiger partial charge on any atom is -0.425 e. The monoisotopic (exact) mass is 351 g/mol. The van der Waals surface area contributed by atoms with E-state index in [1.807, 2.05) is 19.9 Å². The molecule has 134 valence electrons. The average molecular weight is 351 g/mol. The minimum absolute atomic E-state index is 0.173. The molecule has 5 aliphatic rings. The summed E-state index contributed by atoms with van der Waals surface area (Å²) in [4.78, 5) is 39.2. The summed E-state index contributed by atoms with van der Waals surface area (Å²) in [7, 11) is 0. The number of carbonyl (C=O) groups excluding carboxylic acids is 3. The number of esters is 1. The van der Waals surface area contributed by atoms with Crippen LogP contribution in [-0.2, 0) is 14.4 Å². The lowest BCUT2D eigenvalue weighted by atomic mass is 9.63. The van der Waals surface area contributed by atoms with Crippen LogP contribution in [0.15, 0.2) is 30.4 Å². The van der Waals surface area contributed by atoms with Gasteiger partial charge in [0.2, 0.25) is 11.8 Å². The Morgan fingerprint density at radius 2 is 1.65 bits per heavy atom. The summed E-state index contributed by atoms with van der Waals surface area (Å²) in [5.41, 5.74) is 2.14. The number of likely N-dealkylation sites (tertiary alicyclic amines) is 1. The summed E-state index contributed by atoms with van der Waals surface area (Å²) >= 11 is 0. The van der Waals surface area contributed by atoms with Crippen molar-refractivity contribution in [2.45, 2.75) is 20.3 Å². The summed E-state index contributed by atoms with van der Waals surface area (Å²) in [6.07, 6.45) is 5.38. The first-order valence-electron chi connectivity index (χ1n) is 9.27. The highest BCUT2D eigenvalue weighted by Gasteiger charge is 2.67. The number of hydrogen-bond acceptors (Lipinski definition) is 4. The summed E-state index contributed by atoms with van der Waals surface area (Å²) in [6, 6.07) is 5.40. The zero-order valence-corrected chi connectivity index (χ0v) is 14.8. The van der Waals surface area contributed by atoms with Gasteiger partial charge in [-0.15, -0.1) is 0 Å². The maximum Gasteiger partial charge on any atom is 0.331 e. The molecule has 5 heteroatoms. The maximum atomic E-state index is 12.9. The van der Waals surface area contributed by atoms with Gasteiger partial charge in [0.25, 0.3) is 0 Å². The van der Waals surface area contributed by atoms with E-state index >= 15 is 0 Å². The summed E-state index contributed by atoms with van der Waals surface area (Å²) in [5, 5.41) is 0. The number of hydrogen-bond donors (Lipinski definition) is 0. The second-order valence-electron chi connectivity index (χ2n) is 8.14. The Hall–Kier alpha value is -2.43. The van der Waals surface area contributed by atoms with Crippen LogP contribution in [0.1, 0.15) is 17.5 Å². The molecule has 6 atom stereocenters. The molecule has 2 bridgehead atoms. The van der Waals surface area contributed by atoms with Gasteiger partial charge in [0, 0.05) is 0 Å². The number of allylic oxidation sites excluding steroid dienone is 2. The molecular weight excluding hydrogens is 330 g/mol. The van der Waals surface area contributed by atoms with Crippen molar-refractivity contribution in [2.24, 2.45) is 35.5 Å². The van der Waals surface area contributed by atoms with E-state index in [2.05, 4.69) is 12.2 Å². The molecule has 0 radical (unpaired) electrons. The predicted octanol–water partition coefficient (Wildman–Crippen LogP) is 2.26. The van der Waals surface area contributed by atoms with E-state index in [9.17, 15) is 14.4 Å². The minimum atomic E-state index is -0.570. The van der Waals surface area contributed by atoms with E-state index in [0.29, 0.717) is 17.6 Å². The van der Waals surface area contributed by atoms with E-state index in [1.165, 1.54) is 0 Å². The second kappa shape index (κ2) is 5.29. The molecular formula is C21H21NO4. The first kappa shape index (κ1) is 15.8. The zero-order valence-electron chi connectivity index (χ0n) is 14.8. The number of ether oxygens (including phenoxy) is 1. The number of aryl methyl sites for hydroxylation is 2. The highest BCUT2D eigenvalue weighted by atomic mass is 16.5. The molecule has 4 aliphatic carbocycles. The third-order valence-corrected chi connectivity index (χ3v) is 6.75. The number of nitrogens with zero attached hydrogens (tertiary/aromatic N) is 1. The van der Waals surface area contributed by atoms with Gasteiger partial charge in [-0.3, -0.25) is 14.5 Å². The molecule has 5 nitrogen and oxygen atoms in total. The van der Waals surface area contributed by atoms with Crippen molar-refractivity contribution in [3.8, 4) is 5.75 Å². The summed E-state index contributed by atoms with van der Waals surface area (Å²) < 4.78 is 5.36. The number of amides is 2. The van der Waals surface area contributed by atoms with E-state index < -0.39 is 5.97 Å². The van der Waals surface area contributed by atoms with Gasteiger partial charge in [-0.25, -0.2) is 4.79 Å². The Kier molecular flexibility index (Phi) is 3.21. The summed E-state index contributed by atoms with van der Waals surface area (Å²) in [6.45, 7) is 3.63. The standard InChI is InChI=1S/C21H21NO4/c1-10-3-4-12(7-11(10)2)26-17(23)9-22-20(24)18-13-5-6-14(16-8-15(13)16)19(18)21(22)25/h3-7,13-16,18-19H,8-9H2,1-2H3/t13-,14+,15-,16-,18+,19-/m1/s1. The van der Waals surface area contributed by atoms with E-state index in [4.69, 9.17) is 4.74 Å². The van der Waals surface area contributed by atoms with Crippen LogP contribution in [0.25, 0.3) is 0 Å². The van der Waals surface area contributed by atoms with Gasteiger partial charge in [0.1, 0.15) is 12.3 Å². The molecule has 0 spiro atoms. The lowest BCUT2D eigenvalue weighted by Gasteiger charge is -2.37. The topological polar surface area (TPSA) is 63.7 Å².